The van der Waals surface area contributed by atoms with Crippen molar-refractivity contribution in [2.45, 2.75) is 144 Å². The third kappa shape index (κ3) is 11.8. The van der Waals surface area contributed by atoms with Crippen molar-refractivity contribution < 1.29 is 60.4 Å². The van der Waals surface area contributed by atoms with Crippen LogP contribution in [0.15, 0.2) is 109 Å². The molecule has 328 valence electrons. The maximum absolute atomic E-state index is 13.7. The van der Waals surface area contributed by atoms with Gasteiger partial charge in [0.05, 0.1) is 0 Å². The van der Waals surface area contributed by atoms with Crippen LogP contribution in [0.5, 0.6) is 23.0 Å². The van der Waals surface area contributed by atoms with Crippen LogP contribution in [-0.4, -0.2) is 0 Å². The average molecular weight is 1060 g/mol. The number of hydrogen-bond donors (Lipinski definition) is 0. The predicted octanol–water partition coefficient (Wildman–Crippen LogP) is 12.5. The summed E-state index contributed by atoms with van der Waals surface area (Å²) in [5.74, 6) is -0.669. The molecule has 0 aliphatic rings. The predicted molar refractivity (Wildman–Crippen MR) is 252 cm³/mol. The molecule has 0 amide bonds. The van der Waals surface area contributed by atoms with E-state index in [1.54, 1.807) is 0 Å². The maximum Gasteiger partial charge on any atom is 4.00 e. The summed E-state index contributed by atoms with van der Waals surface area (Å²) in [4.78, 5) is 0. The minimum absolute atomic E-state index is 0. The summed E-state index contributed by atoms with van der Waals surface area (Å²) < 4.78 is 0. The molecule has 0 saturated carbocycles. The van der Waals surface area contributed by atoms with Gasteiger partial charge in [0, 0.05) is 11.8 Å². The molecule has 0 aliphatic heterocycles. The van der Waals surface area contributed by atoms with Gasteiger partial charge >= 0.3 is 39.9 Å². The molecule has 0 bridgehead atoms. The molecule has 0 atom stereocenters. The van der Waals surface area contributed by atoms with Gasteiger partial charge in [0.25, 0.3) is 0 Å². The van der Waals surface area contributed by atoms with Crippen LogP contribution in [0.2, 0.25) is 0 Å². The molecule has 0 unspecified atom stereocenters. The molecular weight excluding hydrogens is 993 g/mol. The fraction of sp³-hybridized carbons (Fsp3) is 0.379. The molecule has 0 radical (unpaired) electrons. The molecule has 0 spiro atoms. The van der Waals surface area contributed by atoms with E-state index in [2.05, 4.69) is 83.1 Å². The second-order valence-electron chi connectivity index (χ2n) is 21.6. The Labute approximate surface area is 411 Å². The van der Waals surface area contributed by atoms with Crippen LogP contribution in [0.1, 0.15) is 173 Å². The first-order chi connectivity index (χ1) is 28.6. The normalized spacial score (nSPS) is 12.2. The number of hydrogen-bond acceptors (Lipinski definition) is 4. The number of aryl methyl sites for hydroxylation is 4. The summed E-state index contributed by atoms with van der Waals surface area (Å²) >= 11 is 0. The van der Waals surface area contributed by atoms with E-state index in [9.17, 15) is 20.4 Å². The molecule has 6 aromatic rings. The van der Waals surface area contributed by atoms with Gasteiger partial charge in [-0.25, -0.2) is 0 Å². The van der Waals surface area contributed by atoms with Crippen LogP contribution in [0.3, 0.4) is 0 Å². The first-order valence-corrected chi connectivity index (χ1v) is 22.0. The fourth-order valence-corrected chi connectivity index (χ4v) is 8.64. The summed E-state index contributed by atoms with van der Waals surface area (Å²) in [5.41, 5.74) is 10.9. The van der Waals surface area contributed by atoms with E-state index in [-0.39, 0.29) is 84.6 Å². The van der Waals surface area contributed by atoms with Crippen LogP contribution < -0.4 is 20.4 Å². The zero-order valence-electron chi connectivity index (χ0n) is 40.7. The zero-order valence-corrected chi connectivity index (χ0v) is 44.8. The first kappa shape index (κ1) is 51.5. The molecular formula is C58H68O4Th. The van der Waals surface area contributed by atoms with Crippen LogP contribution in [0.25, 0.3) is 0 Å². The van der Waals surface area contributed by atoms with Crippen molar-refractivity contribution in [3.63, 3.8) is 0 Å². The molecule has 6 aromatic carbocycles. The molecule has 63 heavy (non-hydrogen) atoms. The Kier molecular flexibility index (Phi) is 16.0. The van der Waals surface area contributed by atoms with Crippen LogP contribution in [0.4, 0.5) is 0 Å². The van der Waals surface area contributed by atoms with Crippen LogP contribution in [0, 0.1) is 67.6 Å². The Morgan fingerprint density at radius 1 is 0.317 bits per heavy atom. The molecule has 0 fully saturated rings. The molecule has 0 N–H and O–H groups in total. The largest absolute Gasteiger partial charge is 4.00 e. The van der Waals surface area contributed by atoms with Gasteiger partial charge in [-0.1, -0.05) is 215 Å². The fourth-order valence-electron chi connectivity index (χ4n) is 8.64. The van der Waals surface area contributed by atoms with Crippen molar-refractivity contribution in [1.82, 2.24) is 0 Å². The minimum atomic E-state index is -0.400. The van der Waals surface area contributed by atoms with Gasteiger partial charge in [-0.15, -0.1) is 23.0 Å². The molecule has 0 saturated heterocycles. The standard InChI is InChI=1S/2C29H36O2.Th/c2*1-18-14-21(26(30)23(16-18)28(3,4)5)25(20-12-10-9-11-13-20)22-15-19(2)17-24(27(22)31)29(6,7)8;/h2*9-17,25,30-31H,1-8H3;/q;;+4/p-4. The van der Waals surface area contributed by atoms with Crippen LogP contribution in [-0.2, 0) is 21.7 Å². The van der Waals surface area contributed by atoms with Gasteiger partial charge in [-0.2, -0.15) is 0 Å². The van der Waals surface area contributed by atoms with E-state index >= 15 is 0 Å². The Morgan fingerprint density at radius 3 is 0.683 bits per heavy atom. The van der Waals surface area contributed by atoms with Crippen molar-refractivity contribution in [2.24, 2.45) is 0 Å². The molecule has 6 rings (SSSR count). The average Bonchev–Trinajstić information content (AvgIpc) is 3.16. The van der Waals surface area contributed by atoms with Crippen molar-refractivity contribution in [3.05, 3.63) is 187 Å². The number of rotatable bonds is 6. The number of benzene rings is 6. The molecule has 0 heterocycles. The Bertz CT molecular complexity index is 2210. The van der Waals surface area contributed by atoms with E-state index in [0.717, 1.165) is 55.6 Å². The molecule has 0 aromatic heterocycles. The van der Waals surface area contributed by atoms with Crippen molar-refractivity contribution in [1.29, 1.82) is 0 Å². The Morgan fingerprint density at radius 2 is 0.508 bits per heavy atom. The summed E-state index contributed by atoms with van der Waals surface area (Å²) in [6.45, 7) is 32.9. The smallest absolute Gasteiger partial charge is 0.872 e. The van der Waals surface area contributed by atoms with Gasteiger partial charge in [-0.05, 0) is 105 Å². The van der Waals surface area contributed by atoms with Gasteiger partial charge in [0.2, 0.25) is 0 Å². The van der Waals surface area contributed by atoms with Crippen LogP contribution >= 0.6 is 0 Å². The van der Waals surface area contributed by atoms with Gasteiger partial charge in [0.15, 0.2) is 0 Å². The molecule has 0 aliphatic carbocycles. The van der Waals surface area contributed by atoms with Crippen molar-refractivity contribution in [2.75, 3.05) is 0 Å². The van der Waals surface area contributed by atoms with Gasteiger partial charge in [-0.3, -0.25) is 0 Å². The van der Waals surface area contributed by atoms with E-state index in [4.69, 9.17) is 0 Å². The SMILES string of the molecule is Cc1cc(C(c2ccccc2)c2cc(C)cc(C(C)(C)C)c2[O-])c([O-])c(C(C)(C)C)c1.Cc1cc(C(c2ccccc2)c2cc(C)cc(C(C)(C)C)c2[O-])c([O-])c(C(C)(C)C)c1.[Th+4]. The van der Waals surface area contributed by atoms with E-state index in [0.29, 0.717) is 22.3 Å². The minimum Gasteiger partial charge on any atom is -0.872 e. The maximum atomic E-state index is 13.7. The Balaban J connectivity index is 0.000000272. The van der Waals surface area contributed by atoms with E-state index in [1.165, 1.54) is 0 Å². The van der Waals surface area contributed by atoms with Gasteiger partial charge < -0.3 is 20.4 Å². The second-order valence-corrected chi connectivity index (χ2v) is 21.6. The molecule has 4 nitrogen and oxygen atoms in total. The molecule has 5 heteroatoms. The summed E-state index contributed by atoms with van der Waals surface area (Å²) in [6, 6.07) is 35.7. The second kappa shape index (κ2) is 19.5. The first-order valence-electron chi connectivity index (χ1n) is 22.0. The summed E-state index contributed by atoms with van der Waals surface area (Å²) in [6.07, 6.45) is 0. The van der Waals surface area contributed by atoms with Crippen molar-refractivity contribution in [3.8, 4) is 23.0 Å². The third-order valence-corrected chi connectivity index (χ3v) is 11.8. The quantitative estimate of drug-likeness (QED) is 0.155. The van der Waals surface area contributed by atoms with E-state index in [1.807, 2.05) is 137 Å². The van der Waals surface area contributed by atoms with Gasteiger partial charge in [0.1, 0.15) is 0 Å². The summed E-state index contributed by atoms with van der Waals surface area (Å²) in [5, 5.41) is 54.9. The van der Waals surface area contributed by atoms with Crippen molar-refractivity contribution >= 4 is 0 Å². The zero-order chi connectivity index (χ0) is 46.3. The third-order valence-electron chi connectivity index (χ3n) is 11.8. The topological polar surface area (TPSA) is 92.2 Å². The summed E-state index contributed by atoms with van der Waals surface area (Å²) in [7, 11) is 0. The Hall–Kier alpha value is -4.16. The monoisotopic (exact) mass is 1060 g/mol. The van der Waals surface area contributed by atoms with E-state index < -0.39 is 11.8 Å².